The molecule has 0 aliphatic heterocycles. The van der Waals surface area contributed by atoms with Gasteiger partial charge >= 0.3 is 13.6 Å². The number of alkyl halides is 1. The highest BCUT2D eigenvalue weighted by Gasteiger charge is 2.35. The highest BCUT2D eigenvalue weighted by molar-refractivity contribution is 7.53. The first-order valence-corrected chi connectivity index (χ1v) is 15.9. The van der Waals surface area contributed by atoms with Crippen LogP contribution >= 0.6 is 7.60 Å². The highest BCUT2D eigenvalue weighted by atomic mass is 31.2. The molecule has 0 saturated heterocycles. The average Bonchev–Trinajstić information content (AvgIpc) is 2.86. The number of carboxylic acids is 1. The van der Waals surface area contributed by atoms with Crippen LogP contribution in [0.2, 0.25) is 0 Å². The van der Waals surface area contributed by atoms with Crippen LogP contribution in [-0.4, -0.2) is 50.9 Å². The van der Waals surface area contributed by atoms with Crippen LogP contribution in [0, 0.1) is 0 Å². The lowest BCUT2D eigenvalue weighted by Gasteiger charge is -2.30. The van der Waals surface area contributed by atoms with E-state index >= 15 is 0 Å². The van der Waals surface area contributed by atoms with E-state index in [-0.39, 0.29) is 0 Å². The Hall–Kier alpha value is -0.530. The number of carboxylic acid groups (broad SMARTS) is 1. The van der Waals surface area contributed by atoms with Crippen molar-refractivity contribution in [3.63, 3.8) is 0 Å². The maximum atomic E-state index is 11.7. The molecular formula is C26H50FN2O5P. The number of nitrogens with one attached hydrogen (secondary N) is 2. The topological polar surface area (TPSA) is 119 Å². The van der Waals surface area contributed by atoms with Gasteiger partial charge in [-0.2, -0.15) is 0 Å². The first-order chi connectivity index (χ1) is 16.8. The van der Waals surface area contributed by atoms with Gasteiger partial charge in [-0.15, -0.1) is 0 Å². The van der Waals surface area contributed by atoms with Gasteiger partial charge in [0.1, 0.15) is 0 Å². The van der Waals surface area contributed by atoms with E-state index in [1.807, 2.05) is 0 Å². The Labute approximate surface area is 211 Å². The molecule has 0 bridgehead atoms. The fourth-order valence-corrected chi connectivity index (χ4v) is 6.18. The van der Waals surface area contributed by atoms with E-state index < -0.39 is 19.5 Å². The first-order valence-electron chi connectivity index (χ1n) is 14.2. The van der Waals surface area contributed by atoms with Crippen LogP contribution in [-0.2, 0) is 9.36 Å². The molecule has 0 heterocycles. The van der Waals surface area contributed by atoms with E-state index in [0.717, 1.165) is 24.2 Å². The molecule has 1 atom stereocenters. The molecule has 4 aliphatic carbocycles. The lowest BCUT2D eigenvalue weighted by Crippen LogP contribution is -2.40. The van der Waals surface area contributed by atoms with E-state index in [1.165, 1.54) is 128 Å². The zero-order valence-electron chi connectivity index (χ0n) is 21.5. The smallest absolute Gasteiger partial charge is 0.371 e. The predicted octanol–water partition coefficient (Wildman–Crippen LogP) is 6.03. The maximum Gasteiger partial charge on any atom is 0.371 e. The van der Waals surface area contributed by atoms with Crippen molar-refractivity contribution in [1.82, 2.24) is 10.6 Å². The van der Waals surface area contributed by atoms with E-state index in [9.17, 15) is 13.8 Å². The van der Waals surface area contributed by atoms with Crippen molar-refractivity contribution in [1.29, 1.82) is 0 Å². The van der Waals surface area contributed by atoms with Gasteiger partial charge in [0.25, 0.3) is 5.91 Å². The normalized spacial score (nSPS) is 24.4. The van der Waals surface area contributed by atoms with Gasteiger partial charge in [-0.3, -0.25) is 4.57 Å². The molecule has 7 nitrogen and oxygen atoms in total. The van der Waals surface area contributed by atoms with Crippen molar-refractivity contribution in [3.05, 3.63) is 0 Å². The molecule has 0 aromatic heterocycles. The fraction of sp³-hybridized carbons (Fsp3) is 0.962. The molecule has 0 spiro atoms. The molecular weight excluding hydrogens is 470 g/mol. The van der Waals surface area contributed by atoms with Crippen molar-refractivity contribution in [2.45, 2.75) is 158 Å². The number of halogens is 1. The minimum absolute atomic E-state index is 0.872. The summed E-state index contributed by atoms with van der Waals surface area (Å²) >= 11 is 0. The van der Waals surface area contributed by atoms with Crippen LogP contribution in [0.1, 0.15) is 128 Å². The highest BCUT2D eigenvalue weighted by Crippen LogP contribution is 2.41. The first kappa shape index (κ1) is 30.7. The van der Waals surface area contributed by atoms with Crippen LogP contribution in [0.5, 0.6) is 0 Å². The minimum atomic E-state index is -5.08. The molecule has 4 rings (SSSR count). The Morgan fingerprint density at radius 2 is 0.829 bits per heavy atom. The second-order valence-electron chi connectivity index (χ2n) is 10.9. The van der Waals surface area contributed by atoms with Crippen LogP contribution in [0.15, 0.2) is 0 Å². The lowest BCUT2D eigenvalue weighted by molar-refractivity contribution is -0.140. The monoisotopic (exact) mass is 520 g/mol. The van der Waals surface area contributed by atoms with E-state index in [1.54, 1.807) is 0 Å². The van der Waals surface area contributed by atoms with Crippen LogP contribution in [0.25, 0.3) is 0 Å². The molecule has 0 radical (unpaired) electrons. The zero-order valence-corrected chi connectivity index (χ0v) is 22.4. The quantitative estimate of drug-likeness (QED) is 0.271. The summed E-state index contributed by atoms with van der Waals surface area (Å²) in [5.74, 6) is -5.25. The van der Waals surface area contributed by atoms with E-state index in [4.69, 9.17) is 14.9 Å². The summed E-state index contributed by atoms with van der Waals surface area (Å²) in [5.41, 5.74) is 0. The van der Waals surface area contributed by atoms with E-state index in [2.05, 4.69) is 10.6 Å². The Bertz CT molecular complexity index is 545. The minimum Gasteiger partial charge on any atom is -0.479 e. The van der Waals surface area contributed by atoms with Gasteiger partial charge in [0.05, 0.1) is 0 Å². The number of hydrogen-bond donors (Lipinski definition) is 5. The zero-order chi connectivity index (χ0) is 25.5. The van der Waals surface area contributed by atoms with Crippen molar-refractivity contribution >= 4 is 13.6 Å². The van der Waals surface area contributed by atoms with Gasteiger partial charge in [-0.1, -0.05) is 77.0 Å². The summed E-state index contributed by atoms with van der Waals surface area (Å²) in [5, 5.41) is 15.4. The molecule has 4 fully saturated rings. The molecule has 0 aromatic carbocycles. The second-order valence-corrected chi connectivity index (χ2v) is 12.6. The standard InChI is InChI=1S/2C12H23N.C2H4FO5P/c2*1-3-7-11(8-4-1)13-12-9-5-2-6-10-12;3-1(2(4)5)9(6,7)8/h2*11-13H,1-10H2;1H,(H,4,5)(H2,6,7,8). The number of rotatable bonds is 6. The molecule has 9 heteroatoms. The van der Waals surface area contributed by atoms with Crippen molar-refractivity contribution < 1.29 is 28.6 Å². The maximum absolute atomic E-state index is 11.7. The largest absolute Gasteiger partial charge is 0.479 e. The molecule has 35 heavy (non-hydrogen) atoms. The molecule has 1 unspecified atom stereocenters. The molecule has 4 saturated carbocycles. The third-order valence-corrected chi connectivity index (χ3v) is 8.67. The van der Waals surface area contributed by atoms with Gasteiger partial charge in [-0.25, -0.2) is 9.18 Å². The SMILES string of the molecule is C1CCC(NC2CCCCC2)CC1.C1CCC(NC2CCCCC2)CC1.O=C(O)C(F)P(=O)(O)O. The molecule has 5 N–H and O–H groups in total. The Kier molecular flexibility index (Phi) is 15.0. The van der Waals surface area contributed by atoms with Gasteiger partial charge in [0, 0.05) is 24.2 Å². The Balaban J connectivity index is 0.000000190. The number of aliphatic carboxylic acids is 1. The second kappa shape index (κ2) is 17.1. The summed E-state index contributed by atoms with van der Waals surface area (Å²) in [6.45, 7) is 0. The van der Waals surface area contributed by atoms with Gasteiger partial charge < -0.3 is 25.5 Å². The van der Waals surface area contributed by atoms with Crippen LogP contribution in [0.3, 0.4) is 0 Å². The summed E-state index contributed by atoms with van der Waals surface area (Å²) in [7, 11) is -5.08. The Morgan fingerprint density at radius 3 is 0.971 bits per heavy atom. The summed E-state index contributed by atoms with van der Waals surface area (Å²) < 4.78 is 21.4. The molecule has 0 amide bonds. The molecule has 4 aliphatic rings. The average molecular weight is 521 g/mol. The Morgan fingerprint density at radius 1 is 0.600 bits per heavy atom. The molecule has 206 valence electrons. The van der Waals surface area contributed by atoms with Crippen LogP contribution < -0.4 is 10.6 Å². The van der Waals surface area contributed by atoms with Crippen molar-refractivity contribution in [2.75, 3.05) is 0 Å². The van der Waals surface area contributed by atoms with Crippen molar-refractivity contribution in [3.8, 4) is 0 Å². The van der Waals surface area contributed by atoms with Gasteiger partial charge in [-0.05, 0) is 51.4 Å². The number of hydrogen-bond acceptors (Lipinski definition) is 4. The third-order valence-electron chi connectivity index (χ3n) is 7.86. The third kappa shape index (κ3) is 13.5. The fourth-order valence-electron chi connectivity index (χ4n) is 5.89. The van der Waals surface area contributed by atoms with Crippen LogP contribution in [0.4, 0.5) is 4.39 Å². The van der Waals surface area contributed by atoms with Crippen molar-refractivity contribution in [2.24, 2.45) is 0 Å². The number of carbonyl (C=O) groups is 1. The summed E-state index contributed by atoms with van der Waals surface area (Å²) in [6, 6.07) is 3.49. The molecule has 0 aromatic rings. The van der Waals surface area contributed by atoms with Gasteiger partial charge in [0.2, 0.25) is 0 Å². The van der Waals surface area contributed by atoms with E-state index in [0.29, 0.717) is 0 Å². The van der Waals surface area contributed by atoms with Gasteiger partial charge in [0.15, 0.2) is 0 Å². The predicted molar refractivity (Wildman–Crippen MR) is 138 cm³/mol. The lowest BCUT2D eigenvalue weighted by atomic mass is 9.91. The summed E-state index contributed by atoms with van der Waals surface area (Å²) in [6.07, 6.45) is 29.1. The summed E-state index contributed by atoms with van der Waals surface area (Å²) in [4.78, 5) is 25.1.